The molecule has 0 aliphatic heterocycles. The zero-order chi connectivity index (χ0) is 15.0. The number of ether oxygens (including phenoxy) is 1. The first-order valence-electron chi connectivity index (χ1n) is 6.52. The molecular weight excluding hydrogens is 260 g/mol. The Hall–Kier alpha value is -2.31. The third kappa shape index (κ3) is 5.13. The highest BCUT2D eigenvalue weighted by molar-refractivity contribution is 5.95. The van der Waals surface area contributed by atoms with Gasteiger partial charge in [-0.2, -0.15) is 0 Å². The van der Waals surface area contributed by atoms with E-state index in [2.05, 4.69) is 20.4 Å². The average molecular weight is 280 g/mol. The van der Waals surface area contributed by atoms with E-state index in [9.17, 15) is 9.59 Å². The molecule has 0 bridgehead atoms. The van der Waals surface area contributed by atoms with Crippen LogP contribution in [0.25, 0.3) is 0 Å². The molecule has 0 aliphatic rings. The molecule has 2 amide bonds. The van der Waals surface area contributed by atoms with Crippen molar-refractivity contribution in [3.05, 3.63) is 23.4 Å². The SMILES string of the molecule is CCNc1cc(C(=O)NCCOC(N)=O)cc(CC)n1. The fraction of sp³-hybridized carbons (Fsp3) is 0.462. The summed E-state index contributed by atoms with van der Waals surface area (Å²) in [5.41, 5.74) is 6.18. The number of pyridine rings is 1. The molecule has 1 aromatic rings. The Morgan fingerprint density at radius 1 is 1.35 bits per heavy atom. The van der Waals surface area contributed by atoms with Crippen LogP contribution in [0.5, 0.6) is 0 Å². The van der Waals surface area contributed by atoms with E-state index in [1.165, 1.54) is 0 Å². The van der Waals surface area contributed by atoms with Gasteiger partial charge in [0.25, 0.3) is 5.91 Å². The van der Waals surface area contributed by atoms with Crippen LogP contribution in [0.4, 0.5) is 10.6 Å². The largest absolute Gasteiger partial charge is 0.448 e. The van der Waals surface area contributed by atoms with Crippen molar-refractivity contribution in [2.24, 2.45) is 5.73 Å². The predicted octanol–water partition coefficient (Wildman–Crippen LogP) is 0.901. The molecule has 0 fully saturated rings. The van der Waals surface area contributed by atoms with Crippen molar-refractivity contribution < 1.29 is 14.3 Å². The topological polar surface area (TPSA) is 106 Å². The molecule has 7 nitrogen and oxygen atoms in total. The predicted molar refractivity (Wildman–Crippen MR) is 75.6 cm³/mol. The van der Waals surface area contributed by atoms with Crippen LogP contribution in [-0.2, 0) is 11.2 Å². The van der Waals surface area contributed by atoms with E-state index in [4.69, 9.17) is 5.73 Å². The lowest BCUT2D eigenvalue weighted by Gasteiger charge is -2.09. The van der Waals surface area contributed by atoms with Crippen molar-refractivity contribution in [1.82, 2.24) is 10.3 Å². The van der Waals surface area contributed by atoms with Crippen molar-refractivity contribution in [3.8, 4) is 0 Å². The molecule has 0 saturated heterocycles. The fourth-order valence-corrected chi connectivity index (χ4v) is 1.59. The lowest BCUT2D eigenvalue weighted by Crippen LogP contribution is -2.29. The van der Waals surface area contributed by atoms with Gasteiger partial charge in [-0.15, -0.1) is 0 Å². The smallest absolute Gasteiger partial charge is 0.404 e. The molecular formula is C13H20N4O3. The summed E-state index contributed by atoms with van der Waals surface area (Å²) in [5, 5.41) is 5.73. The van der Waals surface area contributed by atoms with Gasteiger partial charge in [-0.1, -0.05) is 6.92 Å². The molecule has 1 aromatic heterocycles. The highest BCUT2D eigenvalue weighted by Gasteiger charge is 2.09. The van der Waals surface area contributed by atoms with Gasteiger partial charge in [-0.05, 0) is 25.5 Å². The number of carbonyl (C=O) groups is 2. The van der Waals surface area contributed by atoms with Crippen LogP contribution in [-0.4, -0.2) is 36.7 Å². The van der Waals surface area contributed by atoms with E-state index in [0.717, 1.165) is 18.7 Å². The fourth-order valence-electron chi connectivity index (χ4n) is 1.59. The van der Waals surface area contributed by atoms with Crippen LogP contribution >= 0.6 is 0 Å². The summed E-state index contributed by atoms with van der Waals surface area (Å²) in [5.74, 6) is 0.430. The molecule has 110 valence electrons. The maximum atomic E-state index is 12.0. The van der Waals surface area contributed by atoms with Crippen LogP contribution in [0, 0.1) is 0 Å². The first kappa shape index (κ1) is 15.7. The van der Waals surface area contributed by atoms with Crippen molar-refractivity contribution in [1.29, 1.82) is 0 Å². The molecule has 0 aliphatic carbocycles. The van der Waals surface area contributed by atoms with Gasteiger partial charge in [0, 0.05) is 17.8 Å². The standard InChI is InChI=1S/C13H20N4O3/c1-3-10-7-9(8-11(17-10)15-4-2)12(18)16-5-6-20-13(14)19/h7-8H,3-6H2,1-2H3,(H2,14,19)(H,15,17)(H,16,18). The summed E-state index contributed by atoms with van der Waals surface area (Å²) < 4.78 is 4.53. The number of rotatable bonds is 7. The van der Waals surface area contributed by atoms with Crippen molar-refractivity contribution in [3.63, 3.8) is 0 Å². The number of nitrogens with zero attached hydrogens (tertiary/aromatic N) is 1. The number of hydrogen-bond acceptors (Lipinski definition) is 5. The second kappa shape index (κ2) is 7.98. The van der Waals surface area contributed by atoms with Crippen molar-refractivity contribution >= 4 is 17.8 Å². The maximum Gasteiger partial charge on any atom is 0.404 e. The summed E-state index contributed by atoms with van der Waals surface area (Å²) in [4.78, 5) is 26.7. The van der Waals surface area contributed by atoms with E-state index in [1.54, 1.807) is 12.1 Å². The highest BCUT2D eigenvalue weighted by Crippen LogP contribution is 2.11. The molecule has 7 heteroatoms. The molecule has 0 saturated carbocycles. The quantitative estimate of drug-likeness (QED) is 0.643. The summed E-state index contributed by atoms with van der Waals surface area (Å²) in [6.45, 7) is 4.92. The molecule has 1 heterocycles. The Labute approximate surface area is 117 Å². The third-order valence-electron chi connectivity index (χ3n) is 2.49. The number of carbonyl (C=O) groups excluding carboxylic acids is 2. The Bertz CT molecular complexity index is 477. The van der Waals surface area contributed by atoms with Crippen LogP contribution < -0.4 is 16.4 Å². The minimum Gasteiger partial charge on any atom is -0.448 e. The Kier molecular flexibility index (Phi) is 6.28. The van der Waals surface area contributed by atoms with E-state index in [-0.39, 0.29) is 19.1 Å². The van der Waals surface area contributed by atoms with Gasteiger partial charge in [0.05, 0.1) is 6.54 Å². The highest BCUT2D eigenvalue weighted by atomic mass is 16.5. The minimum atomic E-state index is -0.856. The van der Waals surface area contributed by atoms with Gasteiger partial charge < -0.3 is 21.1 Å². The van der Waals surface area contributed by atoms with E-state index < -0.39 is 6.09 Å². The normalized spacial score (nSPS) is 9.90. The molecule has 20 heavy (non-hydrogen) atoms. The lowest BCUT2D eigenvalue weighted by molar-refractivity contribution is 0.0936. The summed E-state index contributed by atoms with van der Waals surface area (Å²) in [6, 6.07) is 3.43. The van der Waals surface area contributed by atoms with Crippen LogP contribution in [0.2, 0.25) is 0 Å². The number of primary amides is 1. The van der Waals surface area contributed by atoms with Crippen LogP contribution in [0.15, 0.2) is 12.1 Å². The zero-order valence-electron chi connectivity index (χ0n) is 11.7. The number of anilines is 1. The molecule has 0 aromatic carbocycles. The van der Waals surface area contributed by atoms with Crippen LogP contribution in [0.3, 0.4) is 0 Å². The number of aromatic nitrogens is 1. The van der Waals surface area contributed by atoms with Crippen LogP contribution in [0.1, 0.15) is 29.9 Å². The molecule has 0 unspecified atom stereocenters. The van der Waals surface area contributed by atoms with Gasteiger partial charge >= 0.3 is 6.09 Å². The first-order valence-corrected chi connectivity index (χ1v) is 6.52. The van der Waals surface area contributed by atoms with Gasteiger partial charge in [0.2, 0.25) is 0 Å². The Morgan fingerprint density at radius 3 is 2.70 bits per heavy atom. The molecule has 4 N–H and O–H groups in total. The Balaban J connectivity index is 2.66. The number of aryl methyl sites for hydroxylation is 1. The molecule has 0 radical (unpaired) electrons. The minimum absolute atomic E-state index is 0.0485. The monoisotopic (exact) mass is 280 g/mol. The molecule has 0 atom stereocenters. The average Bonchev–Trinajstić information content (AvgIpc) is 2.43. The third-order valence-corrected chi connectivity index (χ3v) is 2.49. The first-order chi connectivity index (χ1) is 9.56. The van der Waals surface area contributed by atoms with Gasteiger partial charge in [0.1, 0.15) is 12.4 Å². The second-order valence-corrected chi connectivity index (χ2v) is 4.04. The van der Waals surface area contributed by atoms with Crippen molar-refractivity contribution in [2.75, 3.05) is 25.0 Å². The van der Waals surface area contributed by atoms with E-state index in [1.807, 2.05) is 13.8 Å². The second-order valence-electron chi connectivity index (χ2n) is 4.04. The summed E-state index contributed by atoms with van der Waals surface area (Å²) in [6.07, 6.45) is -0.115. The lowest BCUT2D eigenvalue weighted by atomic mass is 10.2. The number of nitrogens with two attached hydrogens (primary N) is 1. The number of nitrogens with one attached hydrogen (secondary N) is 2. The van der Waals surface area contributed by atoms with Crippen molar-refractivity contribution in [2.45, 2.75) is 20.3 Å². The van der Waals surface area contributed by atoms with E-state index in [0.29, 0.717) is 11.4 Å². The summed E-state index contributed by atoms with van der Waals surface area (Å²) >= 11 is 0. The summed E-state index contributed by atoms with van der Waals surface area (Å²) in [7, 11) is 0. The van der Waals surface area contributed by atoms with Gasteiger partial charge in [-0.3, -0.25) is 4.79 Å². The molecule has 1 rings (SSSR count). The maximum absolute atomic E-state index is 12.0. The number of amides is 2. The Morgan fingerprint density at radius 2 is 2.10 bits per heavy atom. The molecule has 0 spiro atoms. The van der Waals surface area contributed by atoms with Gasteiger partial charge in [0.15, 0.2) is 0 Å². The van der Waals surface area contributed by atoms with E-state index >= 15 is 0 Å². The number of hydrogen-bond donors (Lipinski definition) is 3. The van der Waals surface area contributed by atoms with Gasteiger partial charge in [-0.25, -0.2) is 9.78 Å². The zero-order valence-corrected chi connectivity index (χ0v) is 11.7.